The quantitative estimate of drug-likeness (QED) is 0.550. The summed E-state index contributed by atoms with van der Waals surface area (Å²) in [5.41, 5.74) is 0.987. The highest BCUT2D eigenvalue weighted by Gasteiger charge is 2.11. The van der Waals surface area contributed by atoms with E-state index >= 15 is 0 Å². The first-order valence-corrected chi connectivity index (χ1v) is 6.44. The maximum atomic E-state index is 5.75. The maximum absolute atomic E-state index is 5.75. The Morgan fingerprint density at radius 3 is 2.37 bits per heavy atom. The van der Waals surface area contributed by atoms with E-state index in [0.29, 0.717) is 23.9 Å². The minimum atomic E-state index is 0.438. The highest BCUT2D eigenvalue weighted by atomic mass is 16.5. The summed E-state index contributed by atoms with van der Waals surface area (Å²) in [5.74, 6) is 1.94. The molecule has 0 atom stereocenters. The monoisotopic (exact) mass is 265 g/mol. The van der Waals surface area contributed by atoms with Gasteiger partial charge < -0.3 is 19.5 Å². The van der Waals surface area contributed by atoms with Crippen molar-refractivity contribution in [2.24, 2.45) is 0 Å². The van der Waals surface area contributed by atoms with Crippen LogP contribution in [0, 0.1) is 0 Å². The Balaban J connectivity index is 2.58. The predicted octanol–water partition coefficient (Wildman–Crippen LogP) is 2.64. The van der Waals surface area contributed by atoms with Crippen LogP contribution < -0.4 is 19.5 Å². The first-order chi connectivity index (χ1) is 9.22. The zero-order chi connectivity index (χ0) is 14.1. The average molecular weight is 265 g/mol. The molecule has 1 aromatic rings. The van der Waals surface area contributed by atoms with Crippen LogP contribution >= 0.6 is 0 Å². The lowest BCUT2D eigenvalue weighted by Crippen LogP contribution is -2.20. The van der Waals surface area contributed by atoms with Gasteiger partial charge in [-0.25, -0.2) is 0 Å². The molecule has 1 N–H and O–H groups in total. The molecule has 0 aromatic heterocycles. The van der Waals surface area contributed by atoms with Gasteiger partial charge in [0.1, 0.15) is 6.61 Å². The molecule has 0 aliphatic rings. The summed E-state index contributed by atoms with van der Waals surface area (Å²) in [4.78, 5) is 0. The van der Waals surface area contributed by atoms with Crippen LogP contribution in [0.4, 0.5) is 0 Å². The number of hydrogen-bond donors (Lipinski definition) is 1. The Morgan fingerprint density at radius 1 is 1.21 bits per heavy atom. The molecule has 0 unspecified atom stereocenters. The Labute approximate surface area is 115 Å². The van der Waals surface area contributed by atoms with Gasteiger partial charge in [-0.05, 0) is 30.7 Å². The Kier molecular flexibility index (Phi) is 6.82. The van der Waals surface area contributed by atoms with Crippen LogP contribution in [0.5, 0.6) is 17.2 Å². The number of nitrogens with one attached hydrogen (secondary N) is 1. The van der Waals surface area contributed by atoms with Gasteiger partial charge in [0.25, 0.3) is 0 Å². The van der Waals surface area contributed by atoms with Gasteiger partial charge in [-0.2, -0.15) is 0 Å². The lowest BCUT2D eigenvalue weighted by atomic mass is 10.3. The molecule has 0 saturated heterocycles. The van der Waals surface area contributed by atoms with Gasteiger partial charge in [0, 0.05) is 6.54 Å². The molecule has 0 spiro atoms. The van der Waals surface area contributed by atoms with Gasteiger partial charge in [0.05, 0.1) is 14.2 Å². The van der Waals surface area contributed by atoms with Crippen LogP contribution in [0.25, 0.3) is 0 Å². The third-order valence-electron chi connectivity index (χ3n) is 2.61. The minimum Gasteiger partial charge on any atom is -0.493 e. The number of ether oxygens (including phenoxy) is 3. The first kappa shape index (κ1) is 15.4. The molecule has 1 rings (SSSR count). The summed E-state index contributed by atoms with van der Waals surface area (Å²) in [6.45, 7) is 8.29. The van der Waals surface area contributed by atoms with E-state index in [-0.39, 0.29) is 0 Å². The molecule has 0 fully saturated rings. The van der Waals surface area contributed by atoms with Crippen molar-refractivity contribution >= 4 is 0 Å². The lowest BCUT2D eigenvalue weighted by molar-refractivity contribution is 0.293. The largest absolute Gasteiger partial charge is 0.493 e. The van der Waals surface area contributed by atoms with Gasteiger partial charge >= 0.3 is 0 Å². The van der Waals surface area contributed by atoms with E-state index in [1.54, 1.807) is 14.2 Å². The standard InChI is InChI=1S/C15H23NO3/c1-5-9-16-10-12(2)11-19-15-13(17-3)7-6-8-14(15)18-4/h6-8,16H,2,5,9-11H2,1,3-4H3. The molecule has 0 aliphatic heterocycles. The summed E-state index contributed by atoms with van der Waals surface area (Å²) in [5, 5.41) is 3.29. The average Bonchev–Trinajstić information content (AvgIpc) is 2.44. The van der Waals surface area contributed by atoms with Crippen LogP contribution in [-0.4, -0.2) is 33.9 Å². The highest BCUT2D eigenvalue weighted by Crippen LogP contribution is 2.36. The third kappa shape index (κ3) is 4.83. The molecule has 4 heteroatoms. The zero-order valence-electron chi connectivity index (χ0n) is 12.0. The smallest absolute Gasteiger partial charge is 0.203 e. The fraction of sp³-hybridized carbons (Fsp3) is 0.467. The maximum Gasteiger partial charge on any atom is 0.203 e. The molecular formula is C15H23NO3. The van der Waals surface area contributed by atoms with E-state index < -0.39 is 0 Å². The van der Waals surface area contributed by atoms with Crippen LogP contribution in [-0.2, 0) is 0 Å². The van der Waals surface area contributed by atoms with E-state index in [0.717, 1.165) is 25.1 Å². The number of hydrogen-bond acceptors (Lipinski definition) is 4. The zero-order valence-corrected chi connectivity index (χ0v) is 12.0. The van der Waals surface area contributed by atoms with Crippen LogP contribution in [0.1, 0.15) is 13.3 Å². The topological polar surface area (TPSA) is 39.7 Å². The summed E-state index contributed by atoms with van der Waals surface area (Å²) in [7, 11) is 3.22. The normalized spacial score (nSPS) is 10.1. The number of benzene rings is 1. The SMILES string of the molecule is C=C(CNCCC)COc1c(OC)cccc1OC. The molecule has 0 bridgehead atoms. The van der Waals surface area contributed by atoms with Crippen molar-refractivity contribution in [1.29, 1.82) is 0 Å². The van der Waals surface area contributed by atoms with Crippen LogP contribution in [0.2, 0.25) is 0 Å². The third-order valence-corrected chi connectivity index (χ3v) is 2.61. The summed E-state index contributed by atoms with van der Waals surface area (Å²) >= 11 is 0. The van der Waals surface area contributed by atoms with E-state index in [2.05, 4.69) is 18.8 Å². The molecule has 19 heavy (non-hydrogen) atoms. The van der Waals surface area contributed by atoms with Crippen molar-refractivity contribution < 1.29 is 14.2 Å². The van der Waals surface area contributed by atoms with Crippen molar-refractivity contribution in [1.82, 2.24) is 5.32 Å². The Morgan fingerprint density at radius 2 is 1.84 bits per heavy atom. The minimum absolute atomic E-state index is 0.438. The van der Waals surface area contributed by atoms with Gasteiger partial charge in [-0.3, -0.25) is 0 Å². The Bertz CT molecular complexity index is 382. The second-order valence-corrected chi connectivity index (χ2v) is 4.21. The van der Waals surface area contributed by atoms with E-state index in [4.69, 9.17) is 14.2 Å². The Hall–Kier alpha value is -1.68. The van der Waals surface area contributed by atoms with Crippen molar-refractivity contribution in [2.75, 3.05) is 33.9 Å². The first-order valence-electron chi connectivity index (χ1n) is 6.44. The van der Waals surface area contributed by atoms with Crippen LogP contribution in [0.3, 0.4) is 0 Å². The second-order valence-electron chi connectivity index (χ2n) is 4.21. The fourth-order valence-electron chi connectivity index (χ4n) is 1.63. The fourth-order valence-corrected chi connectivity index (χ4v) is 1.63. The van der Waals surface area contributed by atoms with E-state index in [1.165, 1.54) is 0 Å². The predicted molar refractivity (Wildman–Crippen MR) is 77.3 cm³/mol. The molecular weight excluding hydrogens is 242 g/mol. The van der Waals surface area contributed by atoms with Gasteiger partial charge in [0.15, 0.2) is 11.5 Å². The van der Waals surface area contributed by atoms with Gasteiger partial charge in [-0.1, -0.05) is 19.6 Å². The van der Waals surface area contributed by atoms with Gasteiger partial charge in [0.2, 0.25) is 5.75 Å². The highest BCUT2D eigenvalue weighted by molar-refractivity contribution is 5.51. The summed E-state index contributed by atoms with van der Waals surface area (Å²) in [6.07, 6.45) is 1.11. The molecule has 0 radical (unpaired) electrons. The molecule has 0 saturated carbocycles. The summed E-state index contributed by atoms with van der Waals surface area (Å²) < 4.78 is 16.3. The number of rotatable bonds is 9. The second kappa shape index (κ2) is 8.43. The van der Waals surface area contributed by atoms with Gasteiger partial charge in [-0.15, -0.1) is 0 Å². The van der Waals surface area contributed by atoms with Crippen molar-refractivity contribution in [2.45, 2.75) is 13.3 Å². The molecule has 4 nitrogen and oxygen atoms in total. The molecule has 0 heterocycles. The molecule has 0 amide bonds. The lowest BCUT2D eigenvalue weighted by Gasteiger charge is -2.15. The summed E-state index contributed by atoms with van der Waals surface area (Å²) in [6, 6.07) is 5.55. The molecule has 1 aromatic carbocycles. The van der Waals surface area contributed by atoms with E-state index in [1.807, 2.05) is 18.2 Å². The number of methoxy groups -OCH3 is 2. The molecule has 0 aliphatic carbocycles. The van der Waals surface area contributed by atoms with Crippen LogP contribution in [0.15, 0.2) is 30.4 Å². The molecule has 106 valence electrons. The van der Waals surface area contributed by atoms with Crippen molar-refractivity contribution in [3.05, 3.63) is 30.4 Å². The van der Waals surface area contributed by atoms with Crippen molar-refractivity contribution in [3.8, 4) is 17.2 Å². The van der Waals surface area contributed by atoms with E-state index in [9.17, 15) is 0 Å². The number of para-hydroxylation sites is 1. The van der Waals surface area contributed by atoms with Crippen molar-refractivity contribution in [3.63, 3.8) is 0 Å².